The lowest BCUT2D eigenvalue weighted by Crippen LogP contribution is -2.07. The summed E-state index contributed by atoms with van der Waals surface area (Å²) in [7, 11) is 8.16. The highest BCUT2D eigenvalue weighted by atomic mass is 35.5. The van der Waals surface area contributed by atoms with Crippen molar-refractivity contribution in [2.24, 2.45) is 0 Å². The number of allylic oxidation sites excluding steroid dienone is 4. The fraction of sp³-hybridized carbons (Fsp3) is 0.121. The molecule has 4 rings (SSSR count). The van der Waals surface area contributed by atoms with Crippen molar-refractivity contribution in [2.45, 2.75) is 0 Å². The van der Waals surface area contributed by atoms with E-state index in [1.165, 1.54) is 11.4 Å². The van der Waals surface area contributed by atoms with Crippen LogP contribution in [0.25, 0.3) is 35.2 Å². The van der Waals surface area contributed by atoms with Gasteiger partial charge in [-0.05, 0) is 47.5 Å². The molecular formula is C33H32ClN3. The van der Waals surface area contributed by atoms with Gasteiger partial charge in [-0.2, -0.15) is 0 Å². The smallest absolute Gasteiger partial charge is 0.0829 e. The maximum absolute atomic E-state index is 6.85. The number of para-hydroxylation sites is 1. The first-order chi connectivity index (χ1) is 17.9. The van der Waals surface area contributed by atoms with Crippen LogP contribution in [0, 0.1) is 0 Å². The molecule has 0 aliphatic heterocycles. The first-order valence-corrected chi connectivity index (χ1v) is 12.6. The zero-order valence-electron chi connectivity index (χ0n) is 21.8. The van der Waals surface area contributed by atoms with Gasteiger partial charge in [0.2, 0.25) is 0 Å². The molecule has 0 bridgehead atoms. The van der Waals surface area contributed by atoms with Crippen LogP contribution in [0.1, 0.15) is 22.4 Å². The van der Waals surface area contributed by atoms with Gasteiger partial charge in [0.15, 0.2) is 0 Å². The summed E-state index contributed by atoms with van der Waals surface area (Å²) >= 11 is 6.85. The largest absolute Gasteiger partial charge is 0.378 e. The van der Waals surface area contributed by atoms with Crippen molar-refractivity contribution in [2.75, 3.05) is 38.0 Å². The topological polar surface area (TPSA) is 19.4 Å². The van der Waals surface area contributed by atoms with Gasteiger partial charge in [0, 0.05) is 50.5 Å². The predicted molar refractivity (Wildman–Crippen MR) is 164 cm³/mol. The standard InChI is InChI=1S/C33H32ClN3/c1-36(2)27-21-17-25(18-22-27)11-5-7-14-30-29-13-8-10-15-31(29)35-32(33(30)34)16-9-6-12-26-19-23-28(24-20-26)37(3)4/h5-24H,1-4H3. The molecule has 0 aliphatic carbocycles. The second-order valence-corrected chi connectivity index (χ2v) is 9.53. The van der Waals surface area contributed by atoms with Gasteiger partial charge in [-0.15, -0.1) is 0 Å². The summed E-state index contributed by atoms with van der Waals surface area (Å²) in [6.07, 6.45) is 16.2. The molecule has 4 aromatic rings. The number of hydrogen-bond acceptors (Lipinski definition) is 3. The van der Waals surface area contributed by atoms with Crippen LogP contribution in [0.3, 0.4) is 0 Å². The van der Waals surface area contributed by atoms with Gasteiger partial charge in [-0.25, -0.2) is 4.98 Å². The summed E-state index contributed by atoms with van der Waals surface area (Å²) in [6.45, 7) is 0. The third-order valence-corrected chi connectivity index (χ3v) is 6.43. The monoisotopic (exact) mass is 505 g/mol. The van der Waals surface area contributed by atoms with E-state index in [0.29, 0.717) is 5.02 Å². The lowest BCUT2D eigenvalue weighted by Gasteiger charge is -2.11. The molecule has 0 amide bonds. The Kier molecular flexibility index (Phi) is 8.60. The van der Waals surface area contributed by atoms with Crippen LogP contribution in [-0.4, -0.2) is 33.2 Å². The lowest BCUT2D eigenvalue weighted by atomic mass is 10.1. The van der Waals surface area contributed by atoms with E-state index in [1.807, 2.05) is 76.8 Å². The molecule has 0 aliphatic rings. The Balaban J connectivity index is 1.54. The first-order valence-electron chi connectivity index (χ1n) is 12.2. The predicted octanol–water partition coefficient (Wildman–Crippen LogP) is 8.47. The maximum Gasteiger partial charge on any atom is 0.0829 e. The van der Waals surface area contributed by atoms with Gasteiger partial charge >= 0.3 is 0 Å². The van der Waals surface area contributed by atoms with E-state index in [9.17, 15) is 0 Å². The number of pyridine rings is 1. The normalized spacial score (nSPS) is 12.0. The van der Waals surface area contributed by atoms with Crippen LogP contribution < -0.4 is 9.80 Å². The minimum Gasteiger partial charge on any atom is -0.378 e. The van der Waals surface area contributed by atoms with Gasteiger partial charge < -0.3 is 9.80 Å². The molecule has 3 aromatic carbocycles. The zero-order valence-corrected chi connectivity index (χ0v) is 22.5. The number of nitrogens with zero attached hydrogens (tertiary/aromatic N) is 3. The second kappa shape index (κ2) is 12.2. The van der Waals surface area contributed by atoms with Crippen molar-refractivity contribution in [3.8, 4) is 0 Å². The number of rotatable bonds is 8. The van der Waals surface area contributed by atoms with Gasteiger partial charge in [0.1, 0.15) is 0 Å². The molecule has 0 N–H and O–H groups in total. The van der Waals surface area contributed by atoms with Crippen molar-refractivity contribution in [3.63, 3.8) is 0 Å². The zero-order chi connectivity index (χ0) is 26.2. The van der Waals surface area contributed by atoms with Crippen LogP contribution in [-0.2, 0) is 0 Å². The van der Waals surface area contributed by atoms with Gasteiger partial charge in [0.25, 0.3) is 0 Å². The highest BCUT2D eigenvalue weighted by Crippen LogP contribution is 2.30. The molecule has 1 heterocycles. The highest BCUT2D eigenvalue weighted by Gasteiger charge is 2.09. The van der Waals surface area contributed by atoms with E-state index in [0.717, 1.165) is 33.3 Å². The number of benzene rings is 3. The van der Waals surface area contributed by atoms with Crippen LogP contribution >= 0.6 is 11.6 Å². The summed E-state index contributed by atoms with van der Waals surface area (Å²) in [5.41, 5.74) is 7.27. The molecule has 37 heavy (non-hydrogen) atoms. The number of fused-ring (bicyclic) bond motifs is 1. The van der Waals surface area contributed by atoms with E-state index >= 15 is 0 Å². The van der Waals surface area contributed by atoms with Crippen LogP contribution in [0.2, 0.25) is 5.02 Å². The molecule has 4 heteroatoms. The summed E-state index contributed by atoms with van der Waals surface area (Å²) < 4.78 is 0. The van der Waals surface area contributed by atoms with E-state index in [4.69, 9.17) is 16.6 Å². The average Bonchev–Trinajstić information content (AvgIpc) is 2.91. The average molecular weight is 506 g/mol. The van der Waals surface area contributed by atoms with Gasteiger partial charge in [-0.3, -0.25) is 0 Å². The summed E-state index contributed by atoms with van der Waals surface area (Å²) in [5, 5.41) is 1.67. The molecule has 0 fully saturated rings. The Morgan fingerprint density at radius 3 is 1.62 bits per heavy atom. The van der Waals surface area contributed by atoms with E-state index in [2.05, 4.69) is 82.6 Å². The first kappa shape index (κ1) is 26.0. The number of anilines is 2. The Hall–Kier alpha value is -4.08. The molecular weight excluding hydrogens is 474 g/mol. The quantitative estimate of drug-likeness (QED) is 0.224. The Labute approximate surface area is 225 Å². The van der Waals surface area contributed by atoms with Crippen LogP contribution in [0.4, 0.5) is 11.4 Å². The molecule has 1 aromatic heterocycles. The Morgan fingerprint density at radius 1 is 0.595 bits per heavy atom. The second-order valence-electron chi connectivity index (χ2n) is 9.15. The number of hydrogen-bond donors (Lipinski definition) is 0. The van der Waals surface area contributed by atoms with E-state index < -0.39 is 0 Å². The van der Waals surface area contributed by atoms with Crippen LogP contribution in [0.15, 0.2) is 97.1 Å². The number of halogens is 1. The lowest BCUT2D eigenvalue weighted by molar-refractivity contribution is 1.13. The molecule has 0 saturated carbocycles. The fourth-order valence-electron chi connectivity index (χ4n) is 3.91. The highest BCUT2D eigenvalue weighted by molar-refractivity contribution is 6.34. The summed E-state index contributed by atoms with van der Waals surface area (Å²) in [6, 6.07) is 25.0. The molecule has 0 atom stereocenters. The molecule has 0 unspecified atom stereocenters. The molecule has 0 radical (unpaired) electrons. The summed E-state index contributed by atoms with van der Waals surface area (Å²) in [5.74, 6) is 0. The van der Waals surface area contributed by atoms with Crippen molar-refractivity contribution < 1.29 is 0 Å². The van der Waals surface area contributed by atoms with Crippen molar-refractivity contribution in [3.05, 3.63) is 125 Å². The van der Waals surface area contributed by atoms with Crippen molar-refractivity contribution in [1.29, 1.82) is 0 Å². The number of aromatic nitrogens is 1. The SMILES string of the molecule is CN(C)c1ccc(C=CC=Cc2nc3ccccc3c(C=CC=Cc3ccc(N(C)C)cc3)c2Cl)cc1. The Morgan fingerprint density at radius 2 is 1.08 bits per heavy atom. The minimum atomic E-state index is 0.638. The van der Waals surface area contributed by atoms with Crippen molar-refractivity contribution in [1.82, 2.24) is 4.98 Å². The maximum atomic E-state index is 6.85. The van der Waals surface area contributed by atoms with E-state index in [1.54, 1.807) is 0 Å². The van der Waals surface area contributed by atoms with Crippen LogP contribution in [0.5, 0.6) is 0 Å². The Bertz CT molecular complexity index is 1460. The van der Waals surface area contributed by atoms with E-state index in [-0.39, 0.29) is 0 Å². The molecule has 0 spiro atoms. The third-order valence-electron chi connectivity index (χ3n) is 6.03. The minimum absolute atomic E-state index is 0.638. The van der Waals surface area contributed by atoms with Crippen molar-refractivity contribution >= 4 is 58.2 Å². The third kappa shape index (κ3) is 6.78. The van der Waals surface area contributed by atoms with Gasteiger partial charge in [-0.1, -0.05) is 96.6 Å². The van der Waals surface area contributed by atoms with Gasteiger partial charge in [0.05, 0.1) is 16.2 Å². The fourth-order valence-corrected chi connectivity index (χ4v) is 4.18. The molecule has 186 valence electrons. The molecule has 3 nitrogen and oxygen atoms in total. The summed E-state index contributed by atoms with van der Waals surface area (Å²) in [4.78, 5) is 8.98. The molecule has 0 saturated heterocycles.